The largest absolute Gasteiger partial charge is 0.497 e. The van der Waals surface area contributed by atoms with Gasteiger partial charge in [-0.15, -0.1) is 0 Å². The summed E-state index contributed by atoms with van der Waals surface area (Å²) in [5.74, 6) is 0.548. The number of aromatic nitrogens is 1. The number of rotatable bonds is 5. The first kappa shape index (κ1) is 16.1. The molecule has 0 aliphatic rings. The zero-order valence-corrected chi connectivity index (χ0v) is 13.8. The second kappa shape index (κ2) is 6.74. The third-order valence-electron chi connectivity index (χ3n) is 3.94. The van der Waals surface area contributed by atoms with Crippen LogP contribution in [0.3, 0.4) is 0 Å². The van der Waals surface area contributed by atoms with E-state index >= 15 is 0 Å². The molecule has 2 aromatic carbocycles. The second-order valence-electron chi connectivity index (χ2n) is 5.67. The first-order valence-corrected chi connectivity index (χ1v) is 7.94. The molecule has 0 radical (unpaired) electrons. The number of fused-ring (bicyclic) bond motifs is 2. The number of nitrogens with two attached hydrogens (primary N) is 1. The highest BCUT2D eigenvalue weighted by Crippen LogP contribution is 2.31. The number of pyridine rings is 1. The lowest BCUT2D eigenvalue weighted by molar-refractivity contribution is -0.144. The summed E-state index contributed by atoms with van der Waals surface area (Å²) in [5, 5.41) is 1.70. The average molecular weight is 324 g/mol. The molecule has 0 amide bonds. The number of benzene rings is 2. The summed E-state index contributed by atoms with van der Waals surface area (Å²) in [4.78, 5) is 16.2. The molecular formula is C19H20N2O3. The smallest absolute Gasteiger partial charge is 0.306 e. The van der Waals surface area contributed by atoms with Crippen LogP contribution in [0.4, 0.5) is 5.69 Å². The van der Waals surface area contributed by atoms with Crippen LogP contribution < -0.4 is 10.5 Å². The van der Waals surface area contributed by atoms with Crippen molar-refractivity contribution in [2.24, 2.45) is 0 Å². The Morgan fingerprint density at radius 3 is 2.54 bits per heavy atom. The average Bonchev–Trinajstić information content (AvgIpc) is 2.60. The van der Waals surface area contributed by atoms with E-state index in [-0.39, 0.29) is 12.6 Å². The number of hydrogen-bond acceptors (Lipinski definition) is 5. The summed E-state index contributed by atoms with van der Waals surface area (Å²) in [7, 11) is 1.62. The number of carbonyl (C=O) groups excluding carboxylic acids is 1. The van der Waals surface area contributed by atoms with Gasteiger partial charge in [0.1, 0.15) is 12.4 Å². The van der Waals surface area contributed by atoms with E-state index in [2.05, 4.69) is 4.98 Å². The number of nitrogens with zero attached hydrogens (tertiary/aromatic N) is 1. The molecule has 24 heavy (non-hydrogen) atoms. The van der Waals surface area contributed by atoms with E-state index in [0.29, 0.717) is 12.1 Å². The first-order valence-electron chi connectivity index (χ1n) is 7.94. The minimum atomic E-state index is -0.188. The Morgan fingerprint density at radius 2 is 1.83 bits per heavy atom. The molecule has 5 heteroatoms. The highest BCUT2D eigenvalue weighted by Gasteiger charge is 2.09. The van der Waals surface area contributed by atoms with Crippen LogP contribution in [0.2, 0.25) is 0 Å². The first-order chi connectivity index (χ1) is 11.6. The van der Waals surface area contributed by atoms with Crippen molar-refractivity contribution in [2.45, 2.75) is 26.4 Å². The third kappa shape index (κ3) is 3.11. The molecule has 3 rings (SSSR count). The molecule has 0 saturated heterocycles. The second-order valence-corrected chi connectivity index (χ2v) is 5.67. The van der Waals surface area contributed by atoms with Gasteiger partial charge in [-0.2, -0.15) is 0 Å². The van der Waals surface area contributed by atoms with Crippen LogP contribution >= 0.6 is 0 Å². The van der Waals surface area contributed by atoms with E-state index in [1.165, 1.54) is 0 Å². The maximum Gasteiger partial charge on any atom is 0.306 e. The quantitative estimate of drug-likeness (QED) is 0.570. The fraction of sp³-hybridized carbons (Fsp3) is 0.263. The highest BCUT2D eigenvalue weighted by molar-refractivity contribution is 6.06. The number of methoxy groups -OCH3 is 1. The van der Waals surface area contributed by atoms with E-state index in [0.717, 1.165) is 39.5 Å². The zero-order chi connectivity index (χ0) is 17.1. The summed E-state index contributed by atoms with van der Waals surface area (Å²) < 4.78 is 10.5. The Hall–Kier alpha value is -2.82. The van der Waals surface area contributed by atoms with Gasteiger partial charge in [0.2, 0.25) is 0 Å². The van der Waals surface area contributed by atoms with Crippen molar-refractivity contribution >= 4 is 33.5 Å². The van der Waals surface area contributed by atoms with Crippen LogP contribution in [0, 0.1) is 0 Å². The molecule has 5 nitrogen and oxygen atoms in total. The predicted molar refractivity (Wildman–Crippen MR) is 94.9 cm³/mol. The van der Waals surface area contributed by atoms with Crippen LogP contribution in [0.1, 0.15) is 25.3 Å². The van der Waals surface area contributed by atoms with Crippen molar-refractivity contribution in [2.75, 3.05) is 12.8 Å². The summed E-state index contributed by atoms with van der Waals surface area (Å²) in [6.45, 7) is 2.19. The molecule has 0 bridgehead atoms. The number of hydrogen-bond donors (Lipinski definition) is 1. The molecule has 3 aromatic rings. The zero-order valence-electron chi connectivity index (χ0n) is 13.8. The monoisotopic (exact) mass is 324 g/mol. The van der Waals surface area contributed by atoms with Crippen LogP contribution in [0.15, 0.2) is 36.4 Å². The van der Waals surface area contributed by atoms with Gasteiger partial charge >= 0.3 is 5.97 Å². The van der Waals surface area contributed by atoms with Crippen LogP contribution in [0.5, 0.6) is 5.75 Å². The van der Waals surface area contributed by atoms with Crippen LogP contribution in [-0.2, 0) is 16.1 Å². The third-order valence-corrected chi connectivity index (χ3v) is 3.94. The van der Waals surface area contributed by atoms with Gasteiger partial charge in [-0.1, -0.05) is 13.0 Å². The van der Waals surface area contributed by atoms with E-state index in [1.807, 2.05) is 43.3 Å². The topological polar surface area (TPSA) is 74.4 Å². The standard InChI is InChI=1S/C19H20N2O3/c1-3-4-18(22)24-11-12-5-7-16-14(9-12)19(20)15-10-13(23-2)6-8-17(15)21-16/h5-10H,3-4,11H2,1-2H3,(H2,20,21). The number of carbonyl (C=O) groups is 1. The van der Waals surface area contributed by atoms with Gasteiger partial charge in [0, 0.05) is 17.2 Å². The van der Waals surface area contributed by atoms with Gasteiger partial charge < -0.3 is 15.2 Å². The van der Waals surface area contributed by atoms with E-state index in [4.69, 9.17) is 15.2 Å². The Kier molecular flexibility index (Phi) is 4.51. The Morgan fingerprint density at radius 1 is 1.12 bits per heavy atom. The lowest BCUT2D eigenvalue weighted by Gasteiger charge is -2.10. The Bertz CT molecular complexity index is 906. The molecule has 0 aliphatic carbocycles. The van der Waals surface area contributed by atoms with Crippen molar-refractivity contribution in [1.82, 2.24) is 4.98 Å². The van der Waals surface area contributed by atoms with Crippen molar-refractivity contribution in [3.05, 3.63) is 42.0 Å². The molecule has 0 atom stereocenters. The summed E-state index contributed by atoms with van der Waals surface area (Å²) in [6, 6.07) is 11.4. The van der Waals surface area contributed by atoms with Crippen LogP contribution in [-0.4, -0.2) is 18.1 Å². The fourth-order valence-electron chi connectivity index (χ4n) is 2.66. The molecule has 2 N–H and O–H groups in total. The van der Waals surface area contributed by atoms with Crippen LogP contribution in [0.25, 0.3) is 21.8 Å². The van der Waals surface area contributed by atoms with Gasteiger partial charge in [0.25, 0.3) is 0 Å². The number of anilines is 1. The molecule has 0 saturated carbocycles. The number of esters is 1. The highest BCUT2D eigenvalue weighted by atomic mass is 16.5. The number of ether oxygens (including phenoxy) is 2. The Balaban J connectivity index is 2.00. The SMILES string of the molecule is CCCC(=O)OCc1ccc2nc3ccc(OC)cc3c(N)c2c1. The van der Waals surface area contributed by atoms with E-state index < -0.39 is 0 Å². The summed E-state index contributed by atoms with van der Waals surface area (Å²) in [5.41, 5.74) is 9.52. The van der Waals surface area contributed by atoms with E-state index in [1.54, 1.807) is 7.11 Å². The molecule has 0 aliphatic heterocycles. The van der Waals surface area contributed by atoms with Gasteiger partial charge in [-0.05, 0) is 42.3 Å². The van der Waals surface area contributed by atoms with Crippen molar-refractivity contribution < 1.29 is 14.3 Å². The molecule has 0 fully saturated rings. The molecule has 0 spiro atoms. The Labute approximate surface area is 140 Å². The molecule has 1 aromatic heterocycles. The van der Waals surface area contributed by atoms with Gasteiger partial charge in [0.05, 0.1) is 23.8 Å². The van der Waals surface area contributed by atoms with Gasteiger partial charge in [-0.25, -0.2) is 4.98 Å². The molecule has 0 unspecified atom stereocenters. The maximum absolute atomic E-state index is 11.5. The van der Waals surface area contributed by atoms with Gasteiger partial charge in [0.15, 0.2) is 0 Å². The van der Waals surface area contributed by atoms with Crippen molar-refractivity contribution in [3.63, 3.8) is 0 Å². The van der Waals surface area contributed by atoms with Crippen molar-refractivity contribution in [3.8, 4) is 5.75 Å². The summed E-state index contributed by atoms with van der Waals surface area (Å²) in [6.07, 6.45) is 1.21. The normalized spacial score (nSPS) is 10.9. The lowest BCUT2D eigenvalue weighted by atomic mass is 10.1. The number of nitrogen functional groups attached to an aromatic ring is 1. The predicted octanol–water partition coefficient (Wildman–Crippen LogP) is 3.82. The molecule has 124 valence electrons. The van der Waals surface area contributed by atoms with Gasteiger partial charge in [-0.3, -0.25) is 4.79 Å². The minimum absolute atomic E-state index is 0.188. The van der Waals surface area contributed by atoms with E-state index in [9.17, 15) is 4.79 Å². The fourth-order valence-corrected chi connectivity index (χ4v) is 2.66. The minimum Gasteiger partial charge on any atom is -0.497 e. The van der Waals surface area contributed by atoms with Crippen molar-refractivity contribution in [1.29, 1.82) is 0 Å². The maximum atomic E-state index is 11.5. The molecule has 1 heterocycles. The summed E-state index contributed by atoms with van der Waals surface area (Å²) >= 11 is 0. The lowest BCUT2D eigenvalue weighted by Crippen LogP contribution is -2.03. The molecular weight excluding hydrogens is 304 g/mol.